The summed E-state index contributed by atoms with van der Waals surface area (Å²) in [5, 5.41) is 2.64. The highest BCUT2D eigenvalue weighted by Gasteiger charge is 2.15. The quantitative estimate of drug-likeness (QED) is 0.669. The number of carbonyl (C=O) groups excluding carboxylic acids is 3. The Bertz CT molecular complexity index is 830. The molecule has 0 atom stereocenters. The molecule has 0 fully saturated rings. The molecular weight excluding hydrogens is 374 g/mol. The highest BCUT2D eigenvalue weighted by molar-refractivity contribution is 5.94. The van der Waals surface area contributed by atoms with Crippen LogP contribution in [0.5, 0.6) is 0 Å². The molecule has 0 aliphatic carbocycles. The fraction of sp³-hybridized carbons (Fsp3) is 0.286. The van der Waals surface area contributed by atoms with Gasteiger partial charge in [0.1, 0.15) is 12.2 Å². The predicted octanol–water partition coefficient (Wildman–Crippen LogP) is 3.28. The molecule has 2 rings (SSSR count). The molecule has 8 nitrogen and oxygen atoms in total. The highest BCUT2D eigenvalue weighted by Crippen LogP contribution is 2.08. The standard InChI is InChI=1S/C21H25N3O5/c1-21(2,3)29-19(26)22-13-15-9-11-17(12-10-15)18(25)23-24-20(27)28-14-16-7-5-4-6-8-16/h4-12H,13-14H2,1-3H3,(H,22,26)(H,23,25)(H,24,27). The first-order valence-electron chi connectivity index (χ1n) is 9.06. The van der Waals surface area contributed by atoms with Crippen LogP contribution in [0.1, 0.15) is 42.3 Å². The summed E-state index contributed by atoms with van der Waals surface area (Å²) < 4.78 is 10.2. The molecule has 0 unspecified atom stereocenters. The zero-order valence-electron chi connectivity index (χ0n) is 16.7. The number of amides is 3. The first-order valence-corrected chi connectivity index (χ1v) is 9.06. The lowest BCUT2D eigenvalue weighted by Gasteiger charge is -2.19. The van der Waals surface area contributed by atoms with Gasteiger partial charge < -0.3 is 14.8 Å². The van der Waals surface area contributed by atoms with Crippen LogP contribution in [0.15, 0.2) is 54.6 Å². The fourth-order valence-electron chi connectivity index (χ4n) is 2.20. The van der Waals surface area contributed by atoms with Crippen molar-refractivity contribution in [1.29, 1.82) is 0 Å². The summed E-state index contributed by atoms with van der Waals surface area (Å²) in [6, 6.07) is 15.7. The highest BCUT2D eigenvalue weighted by atomic mass is 16.6. The Kier molecular flexibility index (Phi) is 7.59. The summed E-state index contributed by atoms with van der Waals surface area (Å²) in [4.78, 5) is 35.4. The van der Waals surface area contributed by atoms with Crippen molar-refractivity contribution in [3.8, 4) is 0 Å². The summed E-state index contributed by atoms with van der Waals surface area (Å²) in [5.41, 5.74) is 5.88. The van der Waals surface area contributed by atoms with E-state index in [0.29, 0.717) is 5.56 Å². The van der Waals surface area contributed by atoms with Crippen LogP contribution in [0.2, 0.25) is 0 Å². The van der Waals surface area contributed by atoms with E-state index in [4.69, 9.17) is 9.47 Å². The smallest absolute Gasteiger partial charge is 0.426 e. The zero-order valence-corrected chi connectivity index (χ0v) is 16.7. The molecule has 29 heavy (non-hydrogen) atoms. The summed E-state index contributed by atoms with van der Waals surface area (Å²) >= 11 is 0. The number of ether oxygens (including phenoxy) is 2. The van der Waals surface area contributed by atoms with Crippen LogP contribution in [-0.4, -0.2) is 23.7 Å². The van der Waals surface area contributed by atoms with E-state index in [2.05, 4.69) is 16.2 Å². The molecule has 0 heterocycles. The van der Waals surface area contributed by atoms with Gasteiger partial charge in [0.2, 0.25) is 0 Å². The maximum atomic E-state index is 12.1. The van der Waals surface area contributed by atoms with Crippen molar-refractivity contribution in [3.05, 3.63) is 71.3 Å². The molecule has 0 saturated carbocycles. The van der Waals surface area contributed by atoms with E-state index in [-0.39, 0.29) is 13.2 Å². The van der Waals surface area contributed by atoms with Gasteiger partial charge in [0, 0.05) is 12.1 Å². The van der Waals surface area contributed by atoms with Gasteiger partial charge in [-0.3, -0.25) is 10.2 Å². The molecule has 2 aromatic carbocycles. The topological polar surface area (TPSA) is 106 Å². The fourth-order valence-corrected chi connectivity index (χ4v) is 2.20. The third-order valence-electron chi connectivity index (χ3n) is 3.54. The second-order valence-corrected chi connectivity index (χ2v) is 7.19. The van der Waals surface area contributed by atoms with Gasteiger partial charge in [0.15, 0.2) is 0 Å². The number of hydrogen-bond acceptors (Lipinski definition) is 5. The molecule has 0 aliphatic heterocycles. The van der Waals surface area contributed by atoms with Crippen molar-refractivity contribution >= 4 is 18.1 Å². The van der Waals surface area contributed by atoms with Crippen LogP contribution < -0.4 is 16.2 Å². The minimum Gasteiger partial charge on any atom is -0.444 e. The first kappa shape index (κ1) is 21.7. The average molecular weight is 399 g/mol. The van der Waals surface area contributed by atoms with Crippen molar-refractivity contribution < 1.29 is 23.9 Å². The molecule has 0 aliphatic rings. The molecule has 154 valence electrons. The van der Waals surface area contributed by atoms with Crippen LogP contribution in [0.3, 0.4) is 0 Å². The van der Waals surface area contributed by atoms with Crippen molar-refractivity contribution in [2.24, 2.45) is 0 Å². The average Bonchev–Trinajstić information content (AvgIpc) is 2.69. The number of alkyl carbamates (subject to hydrolysis) is 1. The van der Waals surface area contributed by atoms with E-state index in [0.717, 1.165) is 11.1 Å². The lowest BCUT2D eigenvalue weighted by molar-refractivity contribution is 0.0523. The Balaban J connectivity index is 1.74. The van der Waals surface area contributed by atoms with Gasteiger partial charge in [-0.25, -0.2) is 15.0 Å². The summed E-state index contributed by atoms with van der Waals surface area (Å²) in [5.74, 6) is -0.492. The van der Waals surface area contributed by atoms with E-state index in [1.807, 2.05) is 30.3 Å². The first-order chi connectivity index (χ1) is 13.7. The van der Waals surface area contributed by atoms with Crippen molar-refractivity contribution in [3.63, 3.8) is 0 Å². The summed E-state index contributed by atoms with van der Waals surface area (Å²) in [6.07, 6.45) is -1.28. The van der Waals surface area contributed by atoms with Gasteiger partial charge in [0.05, 0.1) is 0 Å². The maximum absolute atomic E-state index is 12.1. The number of benzene rings is 2. The van der Waals surface area contributed by atoms with Crippen LogP contribution in [-0.2, 0) is 22.6 Å². The summed E-state index contributed by atoms with van der Waals surface area (Å²) in [6.45, 7) is 5.71. The SMILES string of the molecule is CC(C)(C)OC(=O)NCc1ccc(C(=O)NNC(=O)OCc2ccccc2)cc1. The van der Waals surface area contributed by atoms with E-state index in [9.17, 15) is 14.4 Å². The molecule has 0 bridgehead atoms. The predicted molar refractivity (Wildman–Crippen MR) is 107 cm³/mol. The molecule has 3 N–H and O–H groups in total. The third-order valence-corrected chi connectivity index (χ3v) is 3.54. The second-order valence-electron chi connectivity index (χ2n) is 7.19. The van der Waals surface area contributed by atoms with E-state index in [1.165, 1.54) is 0 Å². The van der Waals surface area contributed by atoms with Crippen LogP contribution >= 0.6 is 0 Å². The van der Waals surface area contributed by atoms with Gasteiger partial charge >= 0.3 is 12.2 Å². The zero-order chi connectivity index (χ0) is 21.3. The molecule has 0 spiro atoms. The minimum absolute atomic E-state index is 0.0991. The minimum atomic E-state index is -0.764. The maximum Gasteiger partial charge on any atom is 0.426 e. The molecule has 0 saturated heterocycles. The number of nitrogens with one attached hydrogen (secondary N) is 3. The van der Waals surface area contributed by atoms with Crippen molar-refractivity contribution in [2.45, 2.75) is 39.5 Å². The normalized spacial score (nSPS) is 10.6. The Hall–Kier alpha value is -3.55. The molecule has 3 amide bonds. The lowest BCUT2D eigenvalue weighted by atomic mass is 10.1. The monoisotopic (exact) mass is 399 g/mol. The summed E-state index contributed by atoms with van der Waals surface area (Å²) in [7, 11) is 0. The van der Waals surface area contributed by atoms with E-state index < -0.39 is 23.7 Å². The third kappa shape index (κ3) is 8.34. The van der Waals surface area contributed by atoms with Crippen LogP contribution in [0, 0.1) is 0 Å². The molecular formula is C21H25N3O5. The molecule has 0 aromatic heterocycles. The van der Waals surface area contributed by atoms with Gasteiger partial charge in [-0.1, -0.05) is 42.5 Å². The Morgan fingerprint density at radius 3 is 2.10 bits per heavy atom. The largest absolute Gasteiger partial charge is 0.444 e. The molecule has 0 radical (unpaired) electrons. The Labute approximate surface area is 169 Å². The Morgan fingerprint density at radius 1 is 0.828 bits per heavy atom. The van der Waals surface area contributed by atoms with Crippen molar-refractivity contribution in [1.82, 2.24) is 16.2 Å². The lowest BCUT2D eigenvalue weighted by Crippen LogP contribution is -2.41. The van der Waals surface area contributed by atoms with E-state index in [1.54, 1.807) is 45.0 Å². The van der Waals surface area contributed by atoms with Gasteiger partial charge in [0.25, 0.3) is 5.91 Å². The second kappa shape index (κ2) is 10.1. The number of hydrazine groups is 1. The molecule has 2 aromatic rings. The van der Waals surface area contributed by atoms with Gasteiger partial charge in [-0.2, -0.15) is 0 Å². The van der Waals surface area contributed by atoms with Gasteiger partial charge in [-0.05, 0) is 44.0 Å². The van der Waals surface area contributed by atoms with Gasteiger partial charge in [-0.15, -0.1) is 0 Å². The van der Waals surface area contributed by atoms with Crippen LogP contribution in [0.4, 0.5) is 9.59 Å². The number of carbonyl (C=O) groups is 3. The van der Waals surface area contributed by atoms with Crippen molar-refractivity contribution in [2.75, 3.05) is 0 Å². The number of rotatable bonds is 5. The Morgan fingerprint density at radius 2 is 1.48 bits per heavy atom. The molecule has 8 heteroatoms. The number of hydrogen-bond donors (Lipinski definition) is 3. The van der Waals surface area contributed by atoms with Crippen LogP contribution in [0.25, 0.3) is 0 Å². The van der Waals surface area contributed by atoms with E-state index >= 15 is 0 Å².